The molecule has 0 saturated heterocycles. The van der Waals surface area contributed by atoms with Crippen molar-refractivity contribution in [2.24, 2.45) is 0 Å². The molecule has 5 aromatic heterocycles. The van der Waals surface area contributed by atoms with Gasteiger partial charge >= 0.3 is 0 Å². The first-order valence-electron chi connectivity index (χ1n) is 11.0. The van der Waals surface area contributed by atoms with Gasteiger partial charge in [0.05, 0.1) is 44.8 Å². The maximum absolute atomic E-state index is 4.92. The van der Waals surface area contributed by atoms with Crippen molar-refractivity contribution in [1.82, 2.24) is 29.9 Å². The van der Waals surface area contributed by atoms with Crippen LogP contribution in [0.4, 0.5) is 0 Å². The minimum Gasteiger partial charge on any atom is -0.254 e. The highest BCUT2D eigenvalue weighted by molar-refractivity contribution is 6.04. The Morgan fingerprint density at radius 3 is 1.32 bits per heavy atom. The molecule has 0 fully saturated rings. The molecule has 0 spiro atoms. The van der Waals surface area contributed by atoms with Crippen LogP contribution in [0, 0.1) is 0 Å². The van der Waals surface area contributed by atoms with Crippen molar-refractivity contribution < 1.29 is 0 Å². The van der Waals surface area contributed by atoms with E-state index in [-0.39, 0.29) is 0 Å². The zero-order valence-corrected chi connectivity index (χ0v) is 17.9. The van der Waals surface area contributed by atoms with E-state index in [2.05, 4.69) is 56.3 Å². The number of benzene rings is 2. The monoisotopic (exact) mass is 436 g/mol. The largest absolute Gasteiger partial charge is 0.254 e. The van der Waals surface area contributed by atoms with Crippen LogP contribution in [0.1, 0.15) is 0 Å². The SMILES string of the molecule is c1cnc2c(c1)ccc1ccc(-c3cc(-c4ccc5ccc6cccnc6c5n4)ncn3)nc12. The van der Waals surface area contributed by atoms with Gasteiger partial charge in [0, 0.05) is 33.9 Å². The molecule has 7 rings (SSSR count). The molecule has 0 aliphatic carbocycles. The number of hydrogen-bond acceptors (Lipinski definition) is 6. The standard InChI is InChI=1S/C28H16N6/c1-3-17-5-7-19-9-11-21(33-27(19)25(17)29-13-1)23-15-24(32-16-31-23)22-12-10-20-8-6-18-4-2-14-30-26(18)28(20)34-22/h1-16H. The van der Waals surface area contributed by atoms with Gasteiger partial charge in [0.15, 0.2) is 0 Å². The lowest BCUT2D eigenvalue weighted by Crippen LogP contribution is -1.95. The van der Waals surface area contributed by atoms with Crippen molar-refractivity contribution in [2.75, 3.05) is 0 Å². The van der Waals surface area contributed by atoms with Gasteiger partial charge in [0.25, 0.3) is 0 Å². The number of rotatable bonds is 2. The smallest absolute Gasteiger partial charge is 0.116 e. The van der Waals surface area contributed by atoms with Gasteiger partial charge in [0.1, 0.15) is 6.33 Å². The molecule has 158 valence electrons. The van der Waals surface area contributed by atoms with Crippen molar-refractivity contribution in [3.63, 3.8) is 0 Å². The summed E-state index contributed by atoms with van der Waals surface area (Å²) in [5, 5.41) is 4.20. The molecule has 0 unspecified atom stereocenters. The van der Waals surface area contributed by atoms with Gasteiger partial charge in [-0.3, -0.25) is 9.97 Å². The first kappa shape index (κ1) is 18.7. The zero-order valence-electron chi connectivity index (χ0n) is 17.9. The highest BCUT2D eigenvalue weighted by Gasteiger charge is 2.11. The van der Waals surface area contributed by atoms with Crippen molar-refractivity contribution in [1.29, 1.82) is 0 Å². The summed E-state index contributed by atoms with van der Waals surface area (Å²) in [6.07, 6.45) is 5.15. The highest BCUT2D eigenvalue weighted by Crippen LogP contribution is 2.28. The molecule has 34 heavy (non-hydrogen) atoms. The molecule has 0 aliphatic rings. The third kappa shape index (κ3) is 2.97. The van der Waals surface area contributed by atoms with E-state index in [1.165, 1.54) is 0 Å². The van der Waals surface area contributed by atoms with Crippen molar-refractivity contribution >= 4 is 43.6 Å². The van der Waals surface area contributed by atoms with E-state index in [0.29, 0.717) is 0 Å². The summed E-state index contributed by atoms with van der Waals surface area (Å²) < 4.78 is 0. The molecular weight excluding hydrogens is 420 g/mol. The summed E-state index contributed by atoms with van der Waals surface area (Å²) in [5.41, 5.74) is 6.48. The Bertz CT molecular complexity index is 1740. The zero-order chi connectivity index (χ0) is 22.5. The van der Waals surface area contributed by atoms with E-state index in [1.54, 1.807) is 18.7 Å². The average molecular weight is 436 g/mol. The van der Waals surface area contributed by atoms with Gasteiger partial charge in [-0.05, 0) is 30.3 Å². The maximum atomic E-state index is 4.92. The van der Waals surface area contributed by atoms with Crippen molar-refractivity contribution in [3.8, 4) is 22.8 Å². The lowest BCUT2D eigenvalue weighted by atomic mass is 10.1. The van der Waals surface area contributed by atoms with Crippen molar-refractivity contribution in [3.05, 3.63) is 97.6 Å². The molecule has 0 N–H and O–H groups in total. The lowest BCUT2D eigenvalue weighted by molar-refractivity contribution is 1.15. The molecule has 7 aromatic rings. The van der Waals surface area contributed by atoms with Crippen LogP contribution in [0.5, 0.6) is 0 Å². The predicted octanol–water partition coefficient (Wildman–Crippen LogP) is 6.00. The molecule has 5 heterocycles. The molecule has 0 saturated carbocycles. The molecule has 6 nitrogen and oxygen atoms in total. The fraction of sp³-hybridized carbons (Fsp3) is 0. The van der Waals surface area contributed by atoms with Crippen LogP contribution in [0.2, 0.25) is 0 Å². The average Bonchev–Trinajstić information content (AvgIpc) is 2.92. The van der Waals surface area contributed by atoms with Gasteiger partial charge in [-0.15, -0.1) is 0 Å². The van der Waals surface area contributed by atoms with E-state index in [9.17, 15) is 0 Å². The Balaban J connectivity index is 1.38. The van der Waals surface area contributed by atoms with E-state index in [1.807, 2.05) is 42.5 Å². The fourth-order valence-electron chi connectivity index (χ4n) is 4.37. The van der Waals surface area contributed by atoms with Gasteiger partial charge in [-0.25, -0.2) is 19.9 Å². The van der Waals surface area contributed by atoms with E-state index in [4.69, 9.17) is 9.97 Å². The summed E-state index contributed by atoms with van der Waals surface area (Å²) in [7, 11) is 0. The van der Waals surface area contributed by atoms with Crippen LogP contribution in [-0.4, -0.2) is 29.9 Å². The Hall–Kier alpha value is -4.84. The Morgan fingerprint density at radius 1 is 0.382 bits per heavy atom. The van der Waals surface area contributed by atoms with E-state index < -0.39 is 0 Å². The van der Waals surface area contributed by atoms with Crippen LogP contribution in [0.15, 0.2) is 97.6 Å². The number of pyridine rings is 4. The van der Waals surface area contributed by atoms with Gasteiger partial charge in [-0.1, -0.05) is 48.5 Å². The summed E-state index contributed by atoms with van der Waals surface area (Å²) in [4.78, 5) is 27.9. The van der Waals surface area contributed by atoms with Crippen LogP contribution in [0.25, 0.3) is 66.4 Å². The Labute approximate surface area is 194 Å². The number of nitrogens with zero attached hydrogens (tertiary/aromatic N) is 6. The lowest BCUT2D eigenvalue weighted by Gasteiger charge is -2.08. The minimum atomic E-state index is 0.734. The first-order chi connectivity index (χ1) is 16.8. The third-order valence-electron chi connectivity index (χ3n) is 6.06. The maximum Gasteiger partial charge on any atom is 0.116 e. The molecule has 0 atom stereocenters. The molecule has 0 aliphatic heterocycles. The minimum absolute atomic E-state index is 0.734. The Kier molecular flexibility index (Phi) is 4.04. The summed E-state index contributed by atoms with van der Waals surface area (Å²) in [6.45, 7) is 0. The van der Waals surface area contributed by atoms with E-state index >= 15 is 0 Å². The van der Waals surface area contributed by atoms with Crippen LogP contribution >= 0.6 is 0 Å². The Morgan fingerprint density at radius 2 is 0.824 bits per heavy atom. The van der Waals surface area contributed by atoms with Crippen molar-refractivity contribution in [2.45, 2.75) is 0 Å². The number of fused-ring (bicyclic) bond motifs is 6. The molecule has 0 radical (unpaired) electrons. The first-order valence-corrected chi connectivity index (χ1v) is 11.0. The highest BCUT2D eigenvalue weighted by atomic mass is 14.9. The van der Waals surface area contributed by atoms with E-state index in [0.717, 1.165) is 66.4 Å². The van der Waals surface area contributed by atoms with Crippen LogP contribution < -0.4 is 0 Å². The summed E-state index contributed by atoms with van der Waals surface area (Å²) in [5.74, 6) is 0. The second-order valence-corrected chi connectivity index (χ2v) is 8.11. The van der Waals surface area contributed by atoms with Gasteiger partial charge < -0.3 is 0 Å². The van der Waals surface area contributed by atoms with Crippen LogP contribution in [0.3, 0.4) is 0 Å². The second-order valence-electron chi connectivity index (χ2n) is 8.11. The molecule has 2 aromatic carbocycles. The van der Waals surface area contributed by atoms with Crippen LogP contribution in [-0.2, 0) is 0 Å². The molecular formula is C28H16N6. The summed E-state index contributed by atoms with van der Waals surface area (Å²) >= 11 is 0. The quantitative estimate of drug-likeness (QED) is 0.309. The van der Waals surface area contributed by atoms with Gasteiger partial charge in [-0.2, -0.15) is 0 Å². The van der Waals surface area contributed by atoms with Gasteiger partial charge in [0.2, 0.25) is 0 Å². The topological polar surface area (TPSA) is 77.3 Å². The number of hydrogen-bond donors (Lipinski definition) is 0. The molecule has 0 bridgehead atoms. The third-order valence-corrected chi connectivity index (χ3v) is 6.06. The predicted molar refractivity (Wildman–Crippen MR) is 134 cm³/mol. The molecule has 0 amide bonds. The fourth-order valence-corrected chi connectivity index (χ4v) is 4.37. The summed E-state index contributed by atoms with van der Waals surface area (Å²) in [6, 6.07) is 26.2. The second kappa shape index (κ2) is 7.35. The molecule has 6 heteroatoms. The normalized spacial score (nSPS) is 11.5. The number of aromatic nitrogens is 6.